The van der Waals surface area contributed by atoms with Crippen LogP contribution in [-0.2, 0) is 5.60 Å². The maximum Gasteiger partial charge on any atom is 0.0888 e. The molecule has 1 aromatic rings. The van der Waals surface area contributed by atoms with Gasteiger partial charge in [-0.3, -0.25) is 0 Å². The molecule has 2 nitrogen and oxygen atoms in total. The number of nitrogens with one attached hydrogen (secondary N) is 1. The summed E-state index contributed by atoms with van der Waals surface area (Å²) in [5.74, 6) is 0. The van der Waals surface area contributed by atoms with E-state index in [0.717, 1.165) is 31.5 Å². The molecule has 0 aliphatic heterocycles. The lowest BCUT2D eigenvalue weighted by molar-refractivity contribution is 0.0485. The molecule has 1 rings (SSSR count). The second kappa shape index (κ2) is 5.49. The molecule has 14 heavy (non-hydrogen) atoms. The molecule has 0 fully saturated rings. The standard InChI is InChI=1S/C11H19NOS/c1-3-6-12-7-5-11(2,13)10-4-8-14-9-10/h4,8-9,12-13H,3,5-7H2,1-2H3. The Kier molecular flexibility index (Phi) is 4.58. The molecule has 3 heteroatoms. The van der Waals surface area contributed by atoms with Crippen molar-refractivity contribution in [2.45, 2.75) is 32.3 Å². The van der Waals surface area contributed by atoms with Crippen molar-refractivity contribution >= 4 is 11.3 Å². The Balaban J connectivity index is 2.35. The van der Waals surface area contributed by atoms with Crippen LogP contribution in [-0.4, -0.2) is 18.2 Å². The van der Waals surface area contributed by atoms with Crippen molar-refractivity contribution in [3.05, 3.63) is 22.4 Å². The first-order valence-electron chi connectivity index (χ1n) is 5.12. The highest BCUT2D eigenvalue weighted by Gasteiger charge is 2.22. The molecule has 0 aromatic carbocycles. The zero-order valence-corrected chi connectivity index (χ0v) is 9.73. The van der Waals surface area contributed by atoms with Crippen molar-refractivity contribution in [1.29, 1.82) is 0 Å². The van der Waals surface area contributed by atoms with Crippen LogP contribution in [0, 0.1) is 0 Å². The van der Waals surface area contributed by atoms with Gasteiger partial charge in [0.2, 0.25) is 0 Å². The van der Waals surface area contributed by atoms with Gasteiger partial charge in [-0.15, -0.1) is 0 Å². The van der Waals surface area contributed by atoms with Crippen LogP contribution in [0.4, 0.5) is 0 Å². The normalized spacial score (nSPS) is 15.4. The number of rotatable bonds is 6. The summed E-state index contributed by atoms with van der Waals surface area (Å²) in [5, 5.41) is 17.5. The maximum absolute atomic E-state index is 10.1. The number of hydrogen-bond donors (Lipinski definition) is 2. The smallest absolute Gasteiger partial charge is 0.0888 e. The van der Waals surface area contributed by atoms with Crippen LogP contribution in [0.15, 0.2) is 16.8 Å². The lowest BCUT2D eigenvalue weighted by atomic mass is 9.95. The zero-order valence-electron chi connectivity index (χ0n) is 8.92. The van der Waals surface area contributed by atoms with Gasteiger partial charge >= 0.3 is 0 Å². The molecule has 1 aromatic heterocycles. The highest BCUT2D eigenvalue weighted by Crippen LogP contribution is 2.25. The fourth-order valence-corrected chi connectivity index (χ4v) is 2.13. The minimum absolute atomic E-state index is 0.680. The Morgan fingerprint density at radius 2 is 2.29 bits per heavy atom. The molecule has 0 aliphatic rings. The molecular weight excluding hydrogens is 194 g/mol. The minimum atomic E-state index is -0.680. The summed E-state index contributed by atoms with van der Waals surface area (Å²) in [6.45, 7) is 5.92. The molecule has 0 amide bonds. The second-order valence-corrected chi connectivity index (χ2v) is 4.57. The summed E-state index contributed by atoms with van der Waals surface area (Å²) in [7, 11) is 0. The lowest BCUT2D eigenvalue weighted by Crippen LogP contribution is -2.27. The van der Waals surface area contributed by atoms with Crippen LogP contribution in [0.5, 0.6) is 0 Å². The first kappa shape index (κ1) is 11.7. The van der Waals surface area contributed by atoms with Gasteiger partial charge in [0, 0.05) is 0 Å². The van der Waals surface area contributed by atoms with Crippen LogP contribution in [0.3, 0.4) is 0 Å². The predicted molar refractivity (Wildman–Crippen MR) is 61.7 cm³/mol. The monoisotopic (exact) mass is 213 g/mol. The van der Waals surface area contributed by atoms with Crippen molar-refractivity contribution in [2.75, 3.05) is 13.1 Å². The van der Waals surface area contributed by atoms with E-state index in [1.54, 1.807) is 11.3 Å². The fraction of sp³-hybridized carbons (Fsp3) is 0.636. The van der Waals surface area contributed by atoms with Crippen molar-refractivity contribution < 1.29 is 5.11 Å². The molecular formula is C11H19NOS. The fourth-order valence-electron chi connectivity index (χ4n) is 1.35. The van der Waals surface area contributed by atoms with E-state index in [0.29, 0.717) is 0 Å². The van der Waals surface area contributed by atoms with Gasteiger partial charge in [-0.2, -0.15) is 11.3 Å². The van der Waals surface area contributed by atoms with Crippen molar-refractivity contribution in [3.8, 4) is 0 Å². The van der Waals surface area contributed by atoms with E-state index in [9.17, 15) is 5.11 Å². The largest absolute Gasteiger partial charge is 0.385 e. The maximum atomic E-state index is 10.1. The summed E-state index contributed by atoms with van der Waals surface area (Å²) in [6, 6.07) is 1.99. The molecule has 2 N–H and O–H groups in total. The molecule has 0 saturated heterocycles. The summed E-state index contributed by atoms with van der Waals surface area (Å²) in [6.07, 6.45) is 1.91. The Morgan fingerprint density at radius 1 is 1.50 bits per heavy atom. The van der Waals surface area contributed by atoms with E-state index in [-0.39, 0.29) is 0 Å². The van der Waals surface area contributed by atoms with E-state index in [2.05, 4.69) is 12.2 Å². The van der Waals surface area contributed by atoms with Gasteiger partial charge < -0.3 is 10.4 Å². The van der Waals surface area contributed by atoms with E-state index in [1.807, 2.05) is 23.8 Å². The summed E-state index contributed by atoms with van der Waals surface area (Å²) >= 11 is 1.63. The van der Waals surface area contributed by atoms with E-state index in [4.69, 9.17) is 0 Å². The van der Waals surface area contributed by atoms with Crippen LogP contribution in [0.25, 0.3) is 0 Å². The zero-order chi connectivity index (χ0) is 10.4. The summed E-state index contributed by atoms with van der Waals surface area (Å²) < 4.78 is 0. The van der Waals surface area contributed by atoms with E-state index >= 15 is 0 Å². The van der Waals surface area contributed by atoms with Gasteiger partial charge in [-0.05, 0) is 55.2 Å². The first-order valence-corrected chi connectivity index (χ1v) is 6.07. The topological polar surface area (TPSA) is 32.3 Å². The molecule has 0 radical (unpaired) electrons. The number of aliphatic hydroxyl groups is 1. The Morgan fingerprint density at radius 3 is 2.86 bits per heavy atom. The first-order chi connectivity index (χ1) is 6.67. The SMILES string of the molecule is CCCNCCC(C)(O)c1ccsc1. The van der Waals surface area contributed by atoms with Crippen LogP contribution >= 0.6 is 11.3 Å². The van der Waals surface area contributed by atoms with Gasteiger partial charge in [-0.25, -0.2) is 0 Å². The van der Waals surface area contributed by atoms with Crippen molar-refractivity contribution in [1.82, 2.24) is 5.32 Å². The molecule has 1 heterocycles. The summed E-state index contributed by atoms with van der Waals surface area (Å²) in [5.41, 5.74) is 0.349. The highest BCUT2D eigenvalue weighted by atomic mass is 32.1. The Labute approximate surface area is 90.0 Å². The Hall–Kier alpha value is -0.380. The second-order valence-electron chi connectivity index (χ2n) is 3.79. The average molecular weight is 213 g/mol. The molecule has 1 unspecified atom stereocenters. The van der Waals surface area contributed by atoms with E-state index in [1.165, 1.54) is 0 Å². The van der Waals surface area contributed by atoms with Crippen LogP contribution < -0.4 is 5.32 Å². The molecule has 0 spiro atoms. The minimum Gasteiger partial charge on any atom is -0.385 e. The van der Waals surface area contributed by atoms with Crippen LogP contribution in [0.1, 0.15) is 32.3 Å². The van der Waals surface area contributed by atoms with Crippen molar-refractivity contribution in [2.24, 2.45) is 0 Å². The van der Waals surface area contributed by atoms with Crippen molar-refractivity contribution in [3.63, 3.8) is 0 Å². The molecule has 1 atom stereocenters. The molecule has 0 bridgehead atoms. The van der Waals surface area contributed by atoms with E-state index < -0.39 is 5.60 Å². The Bertz CT molecular complexity index is 244. The molecule has 0 saturated carbocycles. The predicted octanol–water partition coefficient (Wildman–Crippen LogP) is 2.35. The number of thiophene rings is 1. The van der Waals surface area contributed by atoms with Gasteiger partial charge in [0.15, 0.2) is 0 Å². The van der Waals surface area contributed by atoms with Gasteiger partial charge in [0.25, 0.3) is 0 Å². The lowest BCUT2D eigenvalue weighted by Gasteiger charge is -2.22. The van der Waals surface area contributed by atoms with Gasteiger partial charge in [0.1, 0.15) is 0 Å². The molecule has 80 valence electrons. The van der Waals surface area contributed by atoms with Gasteiger partial charge in [-0.1, -0.05) is 6.92 Å². The average Bonchev–Trinajstić information content (AvgIpc) is 2.65. The third-order valence-corrected chi connectivity index (χ3v) is 3.04. The van der Waals surface area contributed by atoms with Gasteiger partial charge in [0.05, 0.1) is 5.60 Å². The quantitative estimate of drug-likeness (QED) is 0.711. The highest BCUT2D eigenvalue weighted by molar-refractivity contribution is 7.08. The summed E-state index contributed by atoms with van der Waals surface area (Å²) in [4.78, 5) is 0. The molecule has 0 aliphatic carbocycles. The van der Waals surface area contributed by atoms with Crippen LogP contribution in [0.2, 0.25) is 0 Å². The third-order valence-electron chi connectivity index (χ3n) is 2.36. The third kappa shape index (κ3) is 3.40. The number of hydrogen-bond acceptors (Lipinski definition) is 3.